The molecule has 1 N–H and O–H groups in total. The first-order valence-electron chi connectivity index (χ1n) is 7.22. The Kier molecular flexibility index (Phi) is 5.68. The van der Waals surface area contributed by atoms with Crippen molar-refractivity contribution >= 4 is 11.9 Å². The van der Waals surface area contributed by atoms with Crippen LogP contribution in [0.15, 0.2) is 30.6 Å². The zero-order valence-electron chi connectivity index (χ0n) is 12.4. The standard InChI is InChI=1S/C15H22N4O2/c1-12(2)11-21-10-8-16-14(20)13-5-3-9-19(13)15-17-6-4-7-18-15/h4,6-7,13H,1,3,5,8-11H2,2H3,(H,16,20). The second kappa shape index (κ2) is 7.73. The number of nitrogens with one attached hydrogen (secondary N) is 1. The summed E-state index contributed by atoms with van der Waals surface area (Å²) < 4.78 is 5.37. The molecule has 0 radical (unpaired) electrons. The fourth-order valence-electron chi connectivity index (χ4n) is 2.33. The molecule has 1 saturated heterocycles. The highest BCUT2D eigenvalue weighted by Crippen LogP contribution is 2.21. The summed E-state index contributed by atoms with van der Waals surface area (Å²) in [5.41, 5.74) is 0.976. The van der Waals surface area contributed by atoms with E-state index in [1.54, 1.807) is 18.5 Å². The van der Waals surface area contributed by atoms with Crippen LogP contribution in [-0.2, 0) is 9.53 Å². The molecule has 1 aliphatic heterocycles. The van der Waals surface area contributed by atoms with Crippen molar-refractivity contribution in [2.24, 2.45) is 0 Å². The predicted molar refractivity (Wildman–Crippen MR) is 81.0 cm³/mol. The van der Waals surface area contributed by atoms with E-state index in [9.17, 15) is 4.79 Å². The maximum atomic E-state index is 12.2. The van der Waals surface area contributed by atoms with Crippen LogP contribution in [0, 0.1) is 0 Å². The maximum absolute atomic E-state index is 12.2. The smallest absolute Gasteiger partial charge is 0.242 e. The number of ether oxygens (including phenoxy) is 1. The van der Waals surface area contributed by atoms with Crippen LogP contribution in [0.25, 0.3) is 0 Å². The molecule has 6 nitrogen and oxygen atoms in total. The first-order chi connectivity index (χ1) is 10.2. The van der Waals surface area contributed by atoms with Crippen molar-refractivity contribution in [3.63, 3.8) is 0 Å². The summed E-state index contributed by atoms with van der Waals surface area (Å²) in [6, 6.07) is 1.58. The van der Waals surface area contributed by atoms with Crippen LogP contribution in [0.1, 0.15) is 19.8 Å². The molecule has 1 aromatic heterocycles. The quantitative estimate of drug-likeness (QED) is 0.603. The Morgan fingerprint density at radius 3 is 3.00 bits per heavy atom. The molecule has 114 valence electrons. The number of aromatic nitrogens is 2. The van der Waals surface area contributed by atoms with Gasteiger partial charge in [0.2, 0.25) is 11.9 Å². The molecule has 2 heterocycles. The lowest BCUT2D eigenvalue weighted by atomic mass is 10.2. The van der Waals surface area contributed by atoms with Crippen LogP contribution in [0.5, 0.6) is 0 Å². The zero-order valence-corrected chi connectivity index (χ0v) is 12.4. The van der Waals surface area contributed by atoms with E-state index < -0.39 is 0 Å². The van der Waals surface area contributed by atoms with Gasteiger partial charge in [0.05, 0.1) is 13.2 Å². The summed E-state index contributed by atoms with van der Waals surface area (Å²) in [5, 5.41) is 2.91. The lowest BCUT2D eigenvalue weighted by Crippen LogP contribution is -2.44. The third kappa shape index (κ3) is 4.53. The van der Waals surface area contributed by atoms with Crippen molar-refractivity contribution in [2.45, 2.75) is 25.8 Å². The van der Waals surface area contributed by atoms with Gasteiger partial charge in [0.15, 0.2) is 0 Å². The van der Waals surface area contributed by atoms with E-state index in [-0.39, 0.29) is 11.9 Å². The van der Waals surface area contributed by atoms with Crippen LogP contribution in [0.4, 0.5) is 5.95 Å². The SMILES string of the molecule is C=C(C)COCCNC(=O)C1CCCN1c1ncccn1. The van der Waals surface area contributed by atoms with Gasteiger partial charge in [-0.2, -0.15) is 0 Å². The van der Waals surface area contributed by atoms with Crippen molar-refractivity contribution in [1.82, 2.24) is 15.3 Å². The first kappa shape index (κ1) is 15.4. The molecular weight excluding hydrogens is 268 g/mol. The minimum Gasteiger partial charge on any atom is -0.375 e. The number of carbonyl (C=O) groups is 1. The number of hydrogen-bond donors (Lipinski definition) is 1. The number of anilines is 1. The van der Waals surface area contributed by atoms with E-state index in [0.717, 1.165) is 25.0 Å². The highest BCUT2D eigenvalue weighted by atomic mass is 16.5. The van der Waals surface area contributed by atoms with Gasteiger partial charge in [-0.3, -0.25) is 4.79 Å². The van der Waals surface area contributed by atoms with Crippen molar-refractivity contribution in [3.8, 4) is 0 Å². The molecule has 2 rings (SSSR count). The van der Waals surface area contributed by atoms with E-state index >= 15 is 0 Å². The Labute approximate surface area is 125 Å². The van der Waals surface area contributed by atoms with Gasteiger partial charge in [-0.1, -0.05) is 12.2 Å². The Morgan fingerprint density at radius 1 is 1.52 bits per heavy atom. The number of hydrogen-bond acceptors (Lipinski definition) is 5. The Balaban J connectivity index is 1.80. The lowest BCUT2D eigenvalue weighted by molar-refractivity contribution is -0.122. The summed E-state index contributed by atoms with van der Waals surface area (Å²) >= 11 is 0. The van der Waals surface area contributed by atoms with Gasteiger partial charge in [0.1, 0.15) is 6.04 Å². The van der Waals surface area contributed by atoms with Crippen LogP contribution in [0.2, 0.25) is 0 Å². The molecule has 1 aromatic rings. The predicted octanol–water partition coefficient (Wildman–Crippen LogP) is 1.15. The van der Waals surface area contributed by atoms with E-state index in [4.69, 9.17) is 4.74 Å². The van der Waals surface area contributed by atoms with Crippen LogP contribution in [0.3, 0.4) is 0 Å². The fraction of sp³-hybridized carbons (Fsp3) is 0.533. The van der Waals surface area contributed by atoms with Crippen LogP contribution in [-0.4, -0.2) is 48.2 Å². The molecule has 1 atom stereocenters. The van der Waals surface area contributed by atoms with Crippen molar-refractivity contribution in [2.75, 3.05) is 31.2 Å². The zero-order chi connectivity index (χ0) is 15.1. The third-order valence-corrected chi connectivity index (χ3v) is 3.26. The Morgan fingerprint density at radius 2 is 2.29 bits per heavy atom. The number of amides is 1. The Bertz CT molecular complexity index is 478. The molecule has 1 unspecified atom stereocenters. The van der Waals surface area contributed by atoms with Gasteiger partial charge in [-0.25, -0.2) is 9.97 Å². The van der Waals surface area contributed by atoms with Crippen molar-refractivity contribution in [3.05, 3.63) is 30.6 Å². The van der Waals surface area contributed by atoms with E-state index in [2.05, 4.69) is 21.9 Å². The minimum absolute atomic E-state index is 0.0129. The summed E-state index contributed by atoms with van der Waals surface area (Å²) in [4.78, 5) is 22.7. The molecule has 0 saturated carbocycles. The van der Waals surface area contributed by atoms with Gasteiger partial charge in [-0.05, 0) is 25.8 Å². The fourth-order valence-corrected chi connectivity index (χ4v) is 2.33. The van der Waals surface area contributed by atoms with E-state index in [1.807, 2.05) is 11.8 Å². The lowest BCUT2D eigenvalue weighted by Gasteiger charge is -2.23. The van der Waals surface area contributed by atoms with E-state index in [1.165, 1.54) is 0 Å². The maximum Gasteiger partial charge on any atom is 0.242 e. The normalized spacial score (nSPS) is 17.8. The second-order valence-electron chi connectivity index (χ2n) is 5.20. The monoisotopic (exact) mass is 290 g/mol. The average Bonchev–Trinajstić information content (AvgIpc) is 2.97. The highest BCUT2D eigenvalue weighted by Gasteiger charge is 2.31. The molecule has 0 spiro atoms. The van der Waals surface area contributed by atoms with Gasteiger partial charge in [0.25, 0.3) is 0 Å². The second-order valence-corrected chi connectivity index (χ2v) is 5.20. The average molecular weight is 290 g/mol. The molecule has 6 heteroatoms. The molecular formula is C15H22N4O2. The van der Waals surface area contributed by atoms with E-state index in [0.29, 0.717) is 25.7 Å². The van der Waals surface area contributed by atoms with Gasteiger partial charge >= 0.3 is 0 Å². The van der Waals surface area contributed by atoms with Gasteiger partial charge in [-0.15, -0.1) is 0 Å². The first-order valence-corrected chi connectivity index (χ1v) is 7.22. The van der Waals surface area contributed by atoms with Gasteiger partial charge in [0, 0.05) is 25.5 Å². The molecule has 0 bridgehead atoms. The minimum atomic E-state index is -0.187. The molecule has 21 heavy (non-hydrogen) atoms. The van der Waals surface area contributed by atoms with Crippen LogP contribution >= 0.6 is 0 Å². The van der Waals surface area contributed by atoms with Crippen LogP contribution < -0.4 is 10.2 Å². The summed E-state index contributed by atoms with van der Waals surface area (Å²) in [7, 11) is 0. The highest BCUT2D eigenvalue weighted by molar-refractivity contribution is 5.85. The molecule has 1 amide bonds. The topological polar surface area (TPSA) is 67.3 Å². The summed E-state index contributed by atoms with van der Waals surface area (Å²) in [6.07, 6.45) is 5.20. The molecule has 1 aliphatic rings. The summed E-state index contributed by atoms with van der Waals surface area (Å²) in [6.45, 7) is 8.02. The number of rotatable bonds is 7. The number of carbonyl (C=O) groups excluding carboxylic acids is 1. The molecule has 0 aromatic carbocycles. The van der Waals surface area contributed by atoms with Crippen molar-refractivity contribution < 1.29 is 9.53 Å². The third-order valence-electron chi connectivity index (χ3n) is 3.26. The van der Waals surface area contributed by atoms with Gasteiger partial charge < -0.3 is 15.0 Å². The number of nitrogens with zero attached hydrogens (tertiary/aromatic N) is 3. The van der Waals surface area contributed by atoms with Crippen molar-refractivity contribution in [1.29, 1.82) is 0 Å². The largest absolute Gasteiger partial charge is 0.375 e. The molecule has 1 fully saturated rings. The molecule has 0 aliphatic carbocycles. The Hall–Kier alpha value is -1.95. The summed E-state index contributed by atoms with van der Waals surface area (Å²) in [5.74, 6) is 0.632.